The van der Waals surface area contributed by atoms with Crippen molar-refractivity contribution in [2.45, 2.75) is 26.3 Å². The van der Waals surface area contributed by atoms with Crippen LogP contribution in [0.25, 0.3) is 15.7 Å². The van der Waals surface area contributed by atoms with Crippen LogP contribution in [0.15, 0.2) is 36.4 Å². The number of ether oxygens (including phenoxy) is 3. The van der Waals surface area contributed by atoms with Gasteiger partial charge in [0, 0.05) is 31.9 Å². The van der Waals surface area contributed by atoms with Gasteiger partial charge in [-0.1, -0.05) is 12.1 Å². The van der Waals surface area contributed by atoms with E-state index in [-0.39, 0.29) is 12.8 Å². The normalized spacial score (nSPS) is 11.8. The van der Waals surface area contributed by atoms with E-state index in [1.165, 1.54) is 0 Å². The Hall–Kier alpha value is -4.06. The molecule has 0 saturated carbocycles. The summed E-state index contributed by atoms with van der Waals surface area (Å²) < 4.78 is 15.8. The molecule has 1 N–H and O–H groups in total. The standard InChI is InChI=1S/C24H25N5O4/c1-4-31-22(30)6-5-11-29(3)24-27-19-9-8-17(25-2)13-18(19)23(28-24)26-14-16-7-10-20-21(12-16)33-15-32-20/h7-10,12-13H,4-6,11,14-15H2,1,3H3,(H,26,27,28). The highest BCUT2D eigenvalue weighted by atomic mass is 16.7. The van der Waals surface area contributed by atoms with Crippen LogP contribution in [0.5, 0.6) is 11.5 Å². The largest absolute Gasteiger partial charge is 0.466 e. The molecule has 33 heavy (non-hydrogen) atoms. The average Bonchev–Trinajstić information content (AvgIpc) is 3.30. The zero-order chi connectivity index (χ0) is 23.2. The maximum Gasteiger partial charge on any atom is 0.305 e. The number of fused-ring (bicyclic) bond motifs is 2. The van der Waals surface area contributed by atoms with Crippen LogP contribution in [0.3, 0.4) is 0 Å². The highest BCUT2D eigenvalue weighted by molar-refractivity contribution is 5.92. The Balaban J connectivity index is 1.55. The monoisotopic (exact) mass is 447 g/mol. The second-order valence-corrected chi connectivity index (χ2v) is 7.56. The molecule has 0 amide bonds. The predicted octanol–water partition coefficient (Wildman–Crippen LogP) is 4.30. The fraction of sp³-hybridized carbons (Fsp3) is 0.333. The minimum absolute atomic E-state index is 0.205. The number of carbonyl (C=O) groups is 1. The van der Waals surface area contributed by atoms with Gasteiger partial charge < -0.3 is 24.4 Å². The van der Waals surface area contributed by atoms with Crippen molar-refractivity contribution in [3.05, 3.63) is 53.4 Å². The van der Waals surface area contributed by atoms with Gasteiger partial charge in [-0.25, -0.2) is 9.83 Å². The van der Waals surface area contributed by atoms with E-state index in [2.05, 4.69) is 15.1 Å². The Kier molecular flexibility index (Phi) is 6.74. The van der Waals surface area contributed by atoms with Crippen molar-refractivity contribution in [3.63, 3.8) is 0 Å². The molecular weight excluding hydrogens is 422 g/mol. The van der Waals surface area contributed by atoms with Gasteiger partial charge in [-0.3, -0.25) is 4.79 Å². The van der Waals surface area contributed by atoms with Crippen molar-refractivity contribution in [2.75, 3.05) is 37.2 Å². The number of rotatable bonds is 9. The van der Waals surface area contributed by atoms with E-state index in [0.717, 1.165) is 28.0 Å². The molecule has 3 aromatic rings. The van der Waals surface area contributed by atoms with Crippen LogP contribution in [-0.4, -0.2) is 42.9 Å². The van der Waals surface area contributed by atoms with E-state index in [4.69, 9.17) is 25.8 Å². The van der Waals surface area contributed by atoms with Crippen molar-refractivity contribution in [1.29, 1.82) is 0 Å². The van der Waals surface area contributed by atoms with Crippen molar-refractivity contribution in [3.8, 4) is 11.5 Å². The van der Waals surface area contributed by atoms with Crippen LogP contribution < -0.4 is 19.7 Å². The number of esters is 1. The summed E-state index contributed by atoms with van der Waals surface area (Å²) in [7, 11) is 1.89. The highest BCUT2D eigenvalue weighted by Crippen LogP contribution is 2.33. The maximum absolute atomic E-state index is 11.6. The van der Waals surface area contributed by atoms with Gasteiger partial charge in [-0.15, -0.1) is 0 Å². The van der Waals surface area contributed by atoms with E-state index in [0.29, 0.717) is 50.0 Å². The molecule has 0 bridgehead atoms. The van der Waals surface area contributed by atoms with Crippen molar-refractivity contribution in [1.82, 2.24) is 9.97 Å². The molecule has 1 aliphatic heterocycles. The molecule has 1 aliphatic rings. The molecular formula is C24H25N5O4. The number of hydrogen-bond donors (Lipinski definition) is 1. The van der Waals surface area contributed by atoms with Gasteiger partial charge in [-0.05, 0) is 43.2 Å². The topological polar surface area (TPSA) is 90.2 Å². The van der Waals surface area contributed by atoms with E-state index >= 15 is 0 Å². The molecule has 2 heterocycles. The van der Waals surface area contributed by atoms with Crippen LogP contribution in [0.1, 0.15) is 25.3 Å². The van der Waals surface area contributed by atoms with Crippen LogP contribution >= 0.6 is 0 Å². The Morgan fingerprint density at radius 1 is 1.21 bits per heavy atom. The van der Waals surface area contributed by atoms with E-state index in [1.807, 2.05) is 36.2 Å². The Morgan fingerprint density at radius 2 is 2.06 bits per heavy atom. The zero-order valence-corrected chi connectivity index (χ0v) is 18.6. The summed E-state index contributed by atoms with van der Waals surface area (Å²) in [5.74, 6) is 2.42. The lowest BCUT2D eigenvalue weighted by Crippen LogP contribution is -2.22. The summed E-state index contributed by atoms with van der Waals surface area (Å²) in [5.41, 5.74) is 2.27. The Bertz CT molecular complexity index is 1210. The molecule has 4 rings (SSSR count). The third kappa shape index (κ3) is 5.23. The van der Waals surface area contributed by atoms with Gasteiger partial charge >= 0.3 is 5.97 Å². The third-order valence-electron chi connectivity index (χ3n) is 5.21. The first-order valence-electron chi connectivity index (χ1n) is 10.8. The number of benzene rings is 2. The molecule has 0 atom stereocenters. The second kappa shape index (κ2) is 10.0. The summed E-state index contributed by atoms with van der Waals surface area (Å²) in [6, 6.07) is 11.1. The SMILES string of the molecule is [C-]#[N+]c1ccc2nc(N(C)CCCC(=O)OCC)nc(NCc3ccc4c(c3)OCO4)c2c1. The summed E-state index contributed by atoms with van der Waals surface area (Å²) in [4.78, 5) is 26.5. The first kappa shape index (κ1) is 22.1. The first-order valence-corrected chi connectivity index (χ1v) is 10.8. The number of anilines is 2. The number of nitrogens with one attached hydrogen (secondary N) is 1. The Morgan fingerprint density at radius 3 is 2.88 bits per heavy atom. The minimum Gasteiger partial charge on any atom is -0.466 e. The van der Waals surface area contributed by atoms with Crippen LogP contribution in [0.2, 0.25) is 0 Å². The molecule has 9 heteroatoms. The number of aromatic nitrogens is 2. The average molecular weight is 447 g/mol. The van der Waals surface area contributed by atoms with Gasteiger partial charge in [0.05, 0.1) is 18.7 Å². The van der Waals surface area contributed by atoms with Gasteiger partial charge in [0.15, 0.2) is 17.2 Å². The molecule has 0 spiro atoms. The predicted molar refractivity (Wildman–Crippen MR) is 125 cm³/mol. The summed E-state index contributed by atoms with van der Waals surface area (Å²) in [6.45, 7) is 10.9. The summed E-state index contributed by atoms with van der Waals surface area (Å²) in [6.07, 6.45) is 0.975. The number of carbonyl (C=O) groups excluding carboxylic acids is 1. The molecule has 2 aromatic carbocycles. The second-order valence-electron chi connectivity index (χ2n) is 7.56. The lowest BCUT2D eigenvalue weighted by atomic mass is 10.2. The molecule has 0 unspecified atom stereocenters. The van der Waals surface area contributed by atoms with Gasteiger partial charge in [0.2, 0.25) is 12.7 Å². The number of nitrogens with zero attached hydrogens (tertiary/aromatic N) is 4. The summed E-state index contributed by atoms with van der Waals surface area (Å²) in [5, 5.41) is 4.15. The lowest BCUT2D eigenvalue weighted by Gasteiger charge is -2.19. The van der Waals surface area contributed by atoms with Crippen LogP contribution in [0, 0.1) is 6.57 Å². The van der Waals surface area contributed by atoms with Crippen molar-refractivity contribution < 1.29 is 19.0 Å². The molecule has 1 aromatic heterocycles. The molecule has 0 aliphatic carbocycles. The van der Waals surface area contributed by atoms with E-state index < -0.39 is 0 Å². The smallest absolute Gasteiger partial charge is 0.305 e. The third-order valence-corrected chi connectivity index (χ3v) is 5.21. The number of hydrogen-bond acceptors (Lipinski definition) is 8. The van der Waals surface area contributed by atoms with Gasteiger partial charge in [0.25, 0.3) is 0 Å². The highest BCUT2D eigenvalue weighted by Gasteiger charge is 2.15. The van der Waals surface area contributed by atoms with Crippen molar-refractivity contribution in [2.24, 2.45) is 0 Å². The van der Waals surface area contributed by atoms with E-state index in [1.54, 1.807) is 19.1 Å². The fourth-order valence-corrected chi connectivity index (χ4v) is 3.51. The van der Waals surface area contributed by atoms with Gasteiger partial charge in [0.1, 0.15) is 5.82 Å². The molecule has 0 fully saturated rings. The molecule has 0 saturated heterocycles. The Labute approximate surface area is 192 Å². The fourth-order valence-electron chi connectivity index (χ4n) is 3.51. The molecule has 170 valence electrons. The minimum atomic E-state index is -0.205. The first-order chi connectivity index (χ1) is 16.1. The van der Waals surface area contributed by atoms with Crippen molar-refractivity contribution >= 4 is 34.3 Å². The molecule has 9 nitrogen and oxygen atoms in total. The zero-order valence-electron chi connectivity index (χ0n) is 18.6. The van der Waals surface area contributed by atoms with Gasteiger partial charge in [-0.2, -0.15) is 4.98 Å². The van der Waals surface area contributed by atoms with Crippen LogP contribution in [-0.2, 0) is 16.1 Å². The molecule has 0 radical (unpaired) electrons. The lowest BCUT2D eigenvalue weighted by molar-refractivity contribution is -0.143. The van der Waals surface area contributed by atoms with E-state index in [9.17, 15) is 4.79 Å². The summed E-state index contributed by atoms with van der Waals surface area (Å²) >= 11 is 0. The van der Waals surface area contributed by atoms with Crippen LogP contribution in [0.4, 0.5) is 17.5 Å². The quantitative estimate of drug-likeness (QED) is 0.384. The maximum atomic E-state index is 11.6.